The van der Waals surface area contributed by atoms with Crippen LogP contribution in [0.1, 0.15) is 16.7 Å². The Morgan fingerprint density at radius 3 is 2.80 bits per heavy atom. The first-order chi connectivity index (χ1) is 7.20. The molecule has 2 rings (SSSR count). The summed E-state index contributed by atoms with van der Waals surface area (Å²) in [6, 6.07) is 6.32. The Balaban J connectivity index is 2.37. The molecule has 0 unspecified atom stereocenters. The van der Waals surface area contributed by atoms with Crippen LogP contribution in [0.3, 0.4) is 0 Å². The van der Waals surface area contributed by atoms with E-state index < -0.39 is 0 Å². The highest BCUT2D eigenvalue weighted by Gasteiger charge is 2.11. The molecular formula is C13H16N2. The molecule has 0 saturated heterocycles. The Bertz CT molecular complexity index is 430. The van der Waals surface area contributed by atoms with Gasteiger partial charge < -0.3 is 10.6 Å². The van der Waals surface area contributed by atoms with Gasteiger partial charge in [-0.25, -0.2) is 0 Å². The maximum absolute atomic E-state index is 4.14. The van der Waals surface area contributed by atoms with E-state index in [4.69, 9.17) is 0 Å². The van der Waals surface area contributed by atoms with E-state index in [2.05, 4.69) is 49.3 Å². The fourth-order valence-electron chi connectivity index (χ4n) is 1.77. The summed E-state index contributed by atoms with van der Waals surface area (Å²) in [5, 5.41) is 6.38. The molecule has 0 atom stereocenters. The molecule has 15 heavy (non-hydrogen) atoms. The molecule has 1 aromatic carbocycles. The van der Waals surface area contributed by atoms with E-state index in [1.54, 1.807) is 0 Å². The molecule has 0 bridgehead atoms. The largest absolute Gasteiger partial charge is 0.372 e. The van der Waals surface area contributed by atoms with Crippen molar-refractivity contribution in [1.82, 2.24) is 10.6 Å². The van der Waals surface area contributed by atoms with Crippen molar-refractivity contribution in [2.45, 2.75) is 13.8 Å². The number of allylic oxidation sites excluding steroid dienone is 1. The lowest BCUT2D eigenvalue weighted by atomic mass is 9.96. The normalized spacial score (nSPS) is 14.1. The minimum atomic E-state index is 0.791. The van der Waals surface area contributed by atoms with Crippen molar-refractivity contribution in [1.29, 1.82) is 0 Å². The Kier molecular flexibility index (Phi) is 2.50. The van der Waals surface area contributed by atoms with Crippen LogP contribution < -0.4 is 10.6 Å². The van der Waals surface area contributed by atoms with Crippen LogP contribution >= 0.6 is 0 Å². The molecule has 1 aliphatic rings. The van der Waals surface area contributed by atoms with Gasteiger partial charge in [-0.05, 0) is 36.1 Å². The van der Waals surface area contributed by atoms with Gasteiger partial charge in [-0.15, -0.1) is 0 Å². The van der Waals surface area contributed by atoms with Crippen molar-refractivity contribution in [3.05, 3.63) is 53.4 Å². The molecule has 2 heteroatoms. The van der Waals surface area contributed by atoms with Crippen LogP contribution in [-0.2, 0) is 0 Å². The van der Waals surface area contributed by atoms with Gasteiger partial charge in [0.15, 0.2) is 0 Å². The van der Waals surface area contributed by atoms with Crippen molar-refractivity contribution >= 4 is 5.57 Å². The van der Waals surface area contributed by atoms with E-state index in [1.807, 2.05) is 6.20 Å². The molecular weight excluding hydrogens is 184 g/mol. The molecule has 2 N–H and O–H groups in total. The molecule has 1 heterocycles. The first kappa shape index (κ1) is 9.84. The van der Waals surface area contributed by atoms with Crippen LogP contribution in [0.5, 0.6) is 0 Å². The molecule has 0 saturated carbocycles. The number of benzene rings is 1. The molecule has 0 spiro atoms. The highest BCUT2D eigenvalue weighted by atomic mass is 15.1. The quantitative estimate of drug-likeness (QED) is 0.765. The summed E-state index contributed by atoms with van der Waals surface area (Å²) in [5.74, 6) is 0. The first-order valence-electron chi connectivity index (χ1n) is 5.13. The molecule has 0 aliphatic carbocycles. The van der Waals surface area contributed by atoms with Crippen LogP contribution in [-0.4, -0.2) is 6.67 Å². The summed E-state index contributed by atoms with van der Waals surface area (Å²) in [4.78, 5) is 0. The standard InChI is InChI=1S/C13H16N2/c1-9-5-4-6-12(10(9)2)11(3)13-7-14-8-15-13/h4-7,14-15H,3,8H2,1-2H3. The highest BCUT2D eigenvalue weighted by Crippen LogP contribution is 2.24. The van der Waals surface area contributed by atoms with Gasteiger partial charge in [0.2, 0.25) is 0 Å². The molecule has 0 fully saturated rings. The number of nitrogens with one attached hydrogen (secondary N) is 2. The number of rotatable bonds is 2. The molecule has 78 valence electrons. The topological polar surface area (TPSA) is 24.1 Å². The van der Waals surface area contributed by atoms with E-state index in [9.17, 15) is 0 Å². The average molecular weight is 200 g/mol. The molecule has 1 aliphatic heterocycles. The van der Waals surface area contributed by atoms with E-state index >= 15 is 0 Å². The van der Waals surface area contributed by atoms with E-state index in [-0.39, 0.29) is 0 Å². The maximum atomic E-state index is 4.14. The molecule has 2 nitrogen and oxygen atoms in total. The molecule has 0 aromatic heterocycles. The number of hydrogen-bond acceptors (Lipinski definition) is 2. The van der Waals surface area contributed by atoms with Crippen LogP contribution in [0.4, 0.5) is 0 Å². The lowest BCUT2D eigenvalue weighted by Gasteiger charge is -2.12. The van der Waals surface area contributed by atoms with Gasteiger partial charge in [0.25, 0.3) is 0 Å². The van der Waals surface area contributed by atoms with Gasteiger partial charge in [0.05, 0.1) is 12.4 Å². The zero-order valence-corrected chi connectivity index (χ0v) is 9.22. The van der Waals surface area contributed by atoms with Crippen molar-refractivity contribution in [3.63, 3.8) is 0 Å². The lowest BCUT2D eigenvalue weighted by molar-refractivity contribution is 0.824. The predicted octanol–water partition coefficient (Wildman–Crippen LogP) is 2.31. The average Bonchev–Trinajstić information content (AvgIpc) is 2.74. The van der Waals surface area contributed by atoms with Gasteiger partial charge in [-0.1, -0.05) is 24.8 Å². The number of hydrogen-bond donors (Lipinski definition) is 2. The first-order valence-corrected chi connectivity index (χ1v) is 5.13. The van der Waals surface area contributed by atoms with Gasteiger partial charge in [-0.2, -0.15) is 0 Å². The molecule has 0 amide bonds. The summed E-state index contributed by atoms with van der Waals surface area (Å²) < 4.78 is 0. The van der Waals surface area contributed by atoms with Gasteiger partial charge in [-0.3, -0.25) is 0 Å². The zero-order chi connectivity index (χ0) is 10.8. The summed E-state index contributed by atoms with van der Waals surface area (Å²) in [7, 11) is 0. The Morgan fingerprint density at radius 1 is 1.33 bits per heavy atom. The third kappa shape index (κ3) is 1.75. The fourth-order valence-corrected chi connectivity index (χ4v) is 1.77. The second kappa shape index (κ2) is 3.81. The zero-order valence-electron chi connectivity index (χ0n) is 9.22. The minimum Gasteiger partial charge on any atom is -0.372 e. The van der Waals surface area contributed by atoms with Crippen molar-refractivity contribution in [3.8, 4) is 0 Å². The van der Waals surface area contributed by atoms with Gasteiger partial charge >= 0.3 is 0 Å². The monoisotopic (exact) mass is 200 g/mol. The van der Waals surface area contributed by atoms with E-state index in [0.29, 0.717) is 0 Å². The summed E-state index contributed by atoms with van der Waals surface area (Å²) in [6.07, 6.45) is 1.98. The lowest BCUT2D eigenvalue weighted by Crippen LogP contribution is -2.14. The third-order valence-electron chi connectivity index (χ3n) is 2.88. The third-order valence-corrected chi connectivity index (χ3v) is 2.88. The molecule has 1 aromatic rings. The van der Waals surface area contributed by atoms with Crippen molar-refractivity contribution in [2.75, 3.05) is 6.67 Å². The maximum Gasteiger partial charge on any atom is 0.0846 e. The van der Waals surface area contributed by atoms with Crippen molar-refractivity contribution in [2.24, 2.45) is 0 Å². The highest BCUT2D eigenvalue weighted by molar-refractivity contribution is 5.79. The van der Waals surface area contributed by atoms with E-state index in [1.165, 1.54) is 16.7 Å². The smallest absolute Gasteiger partial charge is 0.0846 e. The fraction of sp³-hybridized carbons (Fsp3) is 0.231. The summed E-state index contributed by atoms with van der Waals surface area (Å²) in [6.45, 7) is 9.19. The van der Waals surface area contributed by atoms with Gasteiger partial charge in [0.1, 0.15) is 0 Å². The van der Waals surface area contributed by atoms with Gasteiger partial charge in [0, 0.05) is 6.20 Å². The molecule has 0 radical (unpaired) electrons. The Hall–Kier alpha value is -1.70. The van der Waals surface area contributed by atoms with E-state index in [0.717, 1.165) is 17.9 Å². The van der Waals surface area contributed by atoms with Crippen LogP contribution in [0.2, 0.25) is 0 Å². The summed E-state index contributed by atoms with van der Waals surface area (Å²) >= 11 is 0. The Morgan fingerprint density at radius 2 is 2.13 bits per heavy atom. The van der Waals surface area contributed by atoms with Crippen molar-refractivity contribution < 1.29 is 0 Å². The number of aryl methyl sites for hydroxylation is 1. The Labute approximate surface area is 90.7 Å². The second-order valence-corrected chi connectivity index (χ2v) is 3.84. The van der Waals surface area contributed by atoms with Crippen LogP contribution in [0, 0.1) is 13.8 Å². The van der Waals surface area contributed by atoms with Crippen LogP contribution in [0.15, 0.2) is 36.7 Å². The van der Waals surface area contributed by atoms with Crippen LogP contribution in [0.25, 0.3) is 5.57 Å². The predicted molar refractivity (Wildman–Crippen MR) is 64.2 cm³/mol. The second-order valence-electron chi connectivity index (χ2n) is 3.84. The summed E-state index contributed by atoms with van der Waals surface area (Å²) in [5.41, 5.74) is 5.97. The minimum absolute atomic E-state index is 0.791. The SMILES string of the molecule is C=C(C1=CNCN1)c1cccc(C)c1C.